The number of nitrogens with zero attached hydrogens (tertiary/aromatic N) is 2. The van der Waals surface area contributed by atoms with Crippen LogP contribution in [0.2, 0.25) is 0 Å². The van der Waals surface area contributed by atoms with Crippen molar-refractivity contribution in [3.63, 3.8) is 0 Å². The SMILES string of the molecule is CCN(CC(=O)N(Cc1ccc(C2CCCCC2)cc1)c1ccc(C(=O)O)c(O)c1)S(=O)(=O)c1c(F)c(F)c(F)c(F)c1F. The molecule has 44 heavy (non-hydrogen) atoms. The van der Waals surface area contributed by atoms with Crippen LogP contribution in [0.4, 0.5) is 27.6 Å². The summed E-state index contributed by atoms with van der Waals surface area (Å²) in [6.07, 6.45) is 5.50. The number of aromatic hydroxyl groups is 1. The van der Waals surface area contributed by atoms with E-state index in [2.05, 4.69) is 0 Å². The van der Waals surface area contributed by atoms with Gasteiger partial charge >= 0.3 is 5.97 Å². The Bertz CT molecular complexity index is 1650. The van der Waals surface area contributed by atoms with Crippen LogP contribution in [0, 0.1) is 29.1 Å². The first-order valence-corrected chi connectivity index (χ1v) is 15.2. The number of amides is 1. The first kappa shape index (κ1) is 32.9. The fraction of sp³-hybridized carbons (Fsp3) is 0.333. The van der Waals surface area contributed by atoms with Gasteiger partial charge in [0.1, 0.15) is 11.3 Å². The van der Waals surface area contributed by atoms with Gasteiger partial charge in [-0.05, 0) is 42.0 Å². The van der Waals surface area contributed by atoms with E-state index >= 15 is 0 Å². The summed E-state index contributed by atoms with van der Waals surface area (Å²) in [5, 5.41) is 19.5. The van der Waals surface area contributed by atoms with Gasteiger partial charge in [-0.3, -0.25) is 4.79 Å². The molecule has 0 aromatic heterocycles. The molecule has 1 aliphatic rings. The van der Waals surface area contributed by atoms with E-state index < -0.39 is 80.3 Å². The number of carbonyl (C=O) groups is 2. The summed E-state index contributed by atoms with van der Waals surface area (Å²) >= 11 is 0. The number of carbonyl (C=O) groups excluding carboxylic acids is 1. The van der Waals surface area contributed by atoms with Gasteiger partial charge in [0, 0.05) is 18.3 Å². The average Bonchev–Trinajstić information content (AvgIpc) is 3.00. The molecule has 0 spiro atoms. The zero-order valence-corrected chi connectivity index (χ0v) is 24.3. The molecule has 1 saturated carbocycles. The predicted molar refractivity (Wildman–Crippen MR) is 149 cm³/mol. The maximum atomic E-state index is 14.5. The molecule has 0 bridgehead atoms. The number of hydrogen-bond donors (Lipinski definition) is 2. The van der Waals surface area contributed by atoms with Crippen molar-refractivity contribution in [3.05, 3.63) is 88.2 Å². The van der Waals surface area contributed by atoms with Crippen molar-refractivity contribution < 1.29 is 50.2 Å². The third kappa shape index (κ3) is 6.55. The largest absolute Gasteiger partial charge is 0.507 e. The van der Waals surface area contributed by atoms with Gasteiger partial charge in [0.2, 0.25) is 21.7 Å². The second-order valence-electron chi connectivity index (χ2n) is 10.4. The molecule has 8 nitrogen and oxygen atoms in total. The molecule has 1 fully saturated rings. The number of aromatic carboxylic acids is 1. The number of sulfonamides is 1. The van der Waals surface area contributed by atoms with Crippen molar-refractivity contribution >= 4 is 27.6 Å². The summed E-state index contributed by atoms with van der Waals surface area (Å²) in [7, 11) is -5.44. The zero-order chi connectivity index (χ0) is 32.3. The van der Waals surface area contributed by atoms with Crippen molar-refractivity contribution in [2.24, 2.45) is 0 Å². The van der Waals surface area contributed by atoms with Crippen molar-refractivity contribution in [2.45, 2.75) is 56.4 Å². The number of benzene rings is 3. The normalized spacial score (nSPS) is 14.2. The molecule has 0 unspecified atom stereocenters. The average molecular weight is 641 g/mol. The smallest absolute Gasteiger partial charge is 0.339 e. The molecule has 14 heteroatoms. The van der Waals surface area contributed by atoms with Crippen LogP contribution in [0.5, 0.6) is 5.75 Å². The highest BCUT2D eigenvalue weighted by atomic mass is 32.2. The van der Waals surface area contributed by atoms with Crippen LogP contribution in [0.3, 0.4) is 0 Å². The highest BCUT2D eigenvalue weighted by Crippen LogP contribution is 2.34. The lowest BCUT2D eigenvalue weighted by molar-refractivity contribution is -0.119. The number of likely N-dealkylation sites (N-methyl/N-ethyl adjacent to an activating group) is 1. The van der Waals surface area contributed by atoms with Crippen molar-refractivity contribution in [1.29, 1.82) is 0 Å². The summed E-state index contributed by atoms with van der Waals surface area (Å²) in [6.45, 7) is -0.699. The lowest BCUT2D eigenvalue weighted by Gasteiger charge is -2.28. The van der Waals surface area contributed by atoms with E-state index in [1.54, 1.807) is 12.1 Å². The van der Waals surface area contributed by atoms with Crippen LogP contribution in [0.1, 0.15) is 66.4 Å². The van der Waals surface area contributed by atoms with Gasteiger partial charge in [-0.2, -0.15) is 4.31 Å². The van der Waals surface area contributed by atoms with Crippen molar-refractivity contribution in [2.75, 3.05) is 18.0 Å². The van der Waals surface area contributed by atoms with Crippen LogP contribution in [-0.2, 0) is 21.4 Å². The van der Waals surface area contributed by atoms with Crippen molar-refractivity contribution in [1.82, 2.24) is 4.31 Å². The lowest BCUT2D eigenvalue weighted by Crippen LogP contribution is -2.43. The second kappa shape index (κ2) is 13.3. The van der Waals surface area contributed by atoms with Crippen molar-refractivity contribution in [3.8, 4) is 5.75 Å². The fourth-order valence-corrected chi connectivity index (χ4v) is 6.76. The Morgan fingerprint density at radius 1 is 0.864 bits per heavy atom. The van der Waals surface area contributed by atoms with E-state index in [0.29, 0.717) is 11.5 Å². The Kier molecular flexibility index (Phi) is 9.94. The Morgan fingerprint density at radius 3 is 1.95 bits per heavy atom. The molecular formula is C30H29F5N2O6S. The van der Waals surface area contributed by atoms with Gasteiger partial charge in [0.05, 0.1) is 13.1 Å². The van der Waals surface area contributed by atoms with Gasteiger partial charge in [0.15, 0.2) is 28.2 Å². The maximum absolute atomic E-state index is 14.5. The minimum absolute atomic E-state index is 0.0430. The minimum Gasteiger partial charge on any atom is -0.507 e. The van der Waals surface area contributed by atoms with E-state index in [4.69, 9.17) is 0 Å². The van der Waals surface area contributed by atoms with Crippen LogP contribution < -0.4 is 4.90 Å². The Balaban J connectivity index is 1.69. The second-order valence-corrected chi connectivity index (χ2v) is 12.3. The molecule has 3 aromatic carbocycles. The Morgan fingerprint density at radius 2 is 1.43 bits per heavy atom. The maximum Gasteiger partial charge on any atom is 0.339 e. The Labute approximate surface area is 250 Å². The molecule has 3 aromatic rings. The van der Waals surface area contributed by atoms with Crippen LogP contribution in [-0.4, -0.2) is 47.9 Å². The first-order chi connectivity index (χ1) is 20.8. The van der Waals surface area contributed by atoms with Gasteiger partial charge in [-0.1, -0.05) is 50.5 Å². The summed E-state index contributed by atoms with van der Waals surface area (Å²) < 4.78 is 96.7. The molecule has 0 radical (unpaired) electrons. The molecule has 236 valence electrons. The molecule has 1 amide bonds. The number of halogens is 5. The summed E-state index contributed by atoms with van der Waals surface area (Å²) in [5.74, 6) is -15.4. The fourth-order valence-electron chi connectivity index (χ4n) is 5.25. The standard InChI is InChI=1S/C30H29F5N2O6S/c1-2-36(44(42,43)29-27(34)25(32)24(31)26(33)28(29)35)16-23(39)37(20-12-13-21(30(40)41)22(38)14-20)15-17-8-10-19(11-9-17)18-6-4-3-5-7-18/h8-14,18,38H,2-7,15-16H2,1H3,(H,40,41). The summed E-state index contributed by atoms with van der Waals surface area (Å²) in [4.78, 5) is 23.9. The van der Waals surface area contributed by atoms with Gasteiger partial charge in [-0.15, -0.1) is 0 Å². The molecule has 0 saturated heterocycles. The highest BCUT2D eigenvalue weighted by molar-refractivity contribution is 7.89. The quantitative estimate of drug-likeness (QED) is 0.158. The third-order valence-electron chi connectivity index (χ3n) is 7.65. The molecule has 0 atom stereocenters. The van der Waals surface area contributed by atoms with E-state index in [0.717, 1.165) is 48.3 Å². The lowest BCUT2D eigenvalue weighted by atomic mass is 9.84. The van der Waals surface area contributed by atoms with E-state index in [1.807, 2.05) is 12.1 Å². The number of rotatable bonds is 10. The van der Waals surface area contributed by atoms with E-state index in [9.17, 15) is 50.2 Å². The van der Waals surface area contributed by atoms with Crippen LogP contribution >= 0.6 is 0 Å². The number of anilines is 1. The topological polar surface area (TPSA) is 115 Å². The van der Waals surface area contributed by atoms with E-state index in [1.165, 1.54) is 19.4 Å². The molecular weight excluding hydrogens is 611 g/mol. The van der Waals surface area contributed by atoms with Crippen LogP contribution in [0.25, 0.3) is 0 Å². The number of phenols is 1. The molecule has 0 aliphatic heterocycles. The molecule has 4 rings (SSSR count). The highest BCUT2D eigenvalue weighted by Gasteiger charge is 2.38. The summed E-state index contributed by atoms with van der Waals surface area (Å²) in [6, 6.07) is 10.6. The zero-order valence-electron chi connectivity index (χ0n) is 23.5. The molecule has 0 heterocycles. The van der Waals surface area contributed by atoms with Gasteiger partial charge < -0.3 is 15.1 Å². The first-order valence-electron chi connectivity index (χ1n) is 13.7. The number of carboxylic acid groups (broad SMARTS) is 1. The molecule has 1 aliphatic carbocycles. The van der Waals surface area contributed by atoms with Gasteiger partial charge in [-0.25, -0.2) is 35.2 Å². The monoisotopic (exact) mass is 640 g/mol. The van der Waals surface area contributed by atoms with E-state index in [-0.39, 0.29) is 16.5 Å². The summed E-state index contributed by atoms with van der Waals surface area (Å²) in [5.41, 5.74) is 1.17. The third-order valence-corrected chi connectivity index (χ3v) is 9.59. The van der Waals surface area contributed by atoms with Crippen LogP contribution in [0.15, 0.2) is 47.4 Å². The number of carboxylic acids is 1. The number of hydrogen-bond acceptors (Lipinski definition) is 5. The Hall–Kier alpha value is -4.04. The predicted octanol–water partition coefficient (Wildman–Crippen LogP) is 6.08. The van der Waals surface area contributed by atoms with Gasteiger partial charge in [0.25, 0.3) is 0 Å². The minimum atomic E-state index is -5.44. The molecule has 2 N–H and O–H groups in total.